The fourth-order valence-electron chi connectivity index (χ4n) is 2.99. The summed E-state index contributed by atoms with van der Waals surface area (Å²) in [4.78, 5) is 16.6. The second kappa shape index (κ2) is 7.60. The number of ether oxygens (including phenoxy) is 2. The molecule has 0 aliphatic rings. The molecule has 1 aromatic heterocycles. The first-order chi connectivity index (χ1) is 12.5. The molecule has 0 fully saturated rings. The summed E-state index contributed by atoms with van der Waals surface area (Å²) in [6, 6.07) is 11.6. The molecule has 5 heteroatoms. The Morgan fingerprint density at radius 2 is 1.92 bits per heavy atom. The predicted molar refractivity (Wildman–Crippen MR) is 102 cm³/mol. The highest BCUT2D eigenvalue weighted by Gasteiger charge is 2.14. The molecule has 3 aromatic rings. The van der Waals surface area contributed by atoms with Crippen LogP contribution >= 0.6 is 0 Å². The van der Waals surface area contributed by atoms with Crippen molar-refractivity contribution in [2.75, 3.05) is 6.61 Å². The third-order valence-corrected chi connectivity index (χ3v) is 4.36. The van der Waals surface area contributed by atoms with Gasteiger partial charge in [0.25, 0.3) is 0 Å². The molecule has 0 aliphatic carbocycles. The van der Waals surface area contributed by atoms with Crippen molar-refractivity contribution in [3.05, 3.63) is 58.9 Å². The molecule has 0 N–H and O–H groups in total. The van der Waals surface area contributed by atoms with Crippen LogP contribution in [0.25, 0.3) is 11.0 Å². The third kappa shape index (κ3) is 3.57. The van der Waals surface area contributed by atoms with E-state index in [1.54, 1.807) is 19.1 Å². The fourth-order valence-corrected chi connectivity index (χ4v) is 2.99. The number of carbonyl (C=O) groups is 1. The topological polar surface area (TPSA) is 53.4 Å². The first-order valence-corrected chi connectivity index (χ1v) is 8.89. The minimum atomic E-state index is -0.325. The number of imidazole rings is 1. The average molecular weight is 352 g/mol. The van der Waals surface area contributed by atoms with Crippen LogP contribution in [-0.4, -0.2) is 22.1 Å². The number of rotatable bonds is 6. The van der Waals surface area contributed by atoms with Gasteiger partial charge in [-0.25, -0.2) is 9.78 Å². The number of benzene rings is 2. The number of fused-ring (bicyclic) bond motifs is 1. The van der Waals surface area contributed by atoms with E-state index in [-0.39, 0.29) is 5.97 Å². The molecule has 0 spiro atoms. The van der Waals surface area contributed by atoms with Gasteiger partial charge in [0.15, 0.2) is 0 Å². The van der Waals surface area contributed by atoms with Gasteiger partial charge in [-0.3, -0.25) is 0 Å². The van der Waals surface area contributed by atoms with Gasteiger partial charge in [0, 0.05) is 6.54 Å². The standard InChI is InChI=1S/C21H24N2O3/c1-5-23-18-10-9-16(21(24)25-6-2)12-17(18)22-20(23)13-26-19-11-14(3)7-8-15(19)4/h7-12H,5-6,13H2,1-4H3. The average Bonchev–Trinajstić information content (AvgIpc) is 2.99. The molecule has 0 radical (unpaired) electrons. The second-order valence-electron chi connectivity index (χ2n) is 6.25. The van der Waals surface area contributed by atoms with E-state index in [1.165, 1.54) is 0 Å². The van der Waals surface area contributed by atoms with Crippen molar-refractivity contribution in [1.29, 1.82) is 0 Å². The Labute approximate surface area is 153 Å². The van der Waals surface area contributed by atoms with E-state index in [0.29, 0.717) is 18.8 Å². The normalized spacial score (nSPS) is 10.9. The van der Waals surface area contributed by atoms with E-state index in [2.05, 4.69) is 28.6 Å². The largest absolute Gasteiger partial charge is 0.485 e. The lowest BCUT2D eigenvalue weighted by molar-refractivity contribution is 0.0526. The Hall–Kier alpha value is -2.82. The molecule has 0 aliphatic heterocycles. The van der Waals surface area contributed by atoms with Crippen molar-refractivity contribution in [3.63, 3.8) is 0 Å². The van der Waals surface area contributed by atoms with E-state index < -0.39 is 0 Å². The van der Waals surface area contributed by atoms with Crippen LogP contribution in [0, 0.1) is 13.8 Å². The van der Waals surface area contributed by atoms with E-state index in [0.717, 1.165) is 40.3 Å². The van der Waals surface area contributed by atoms with Crippen LogP contribution < -0.4 is 4.74 Å². The summed E-state index contributed by atoms with van der Waals surface area (Å²) in [5.41, 5.74) is 4.53. The summed E-state index contributed by atoms with van der Waals surface area (Å²) in [7, 11) is 0. The van der Waals surface area contributed by atoms with Crippen LogP contribution in [0.4, 0.5) is 0 Å². The van der Waals surface area contributed by atoms with Crippen LogP contribution in [-0.2, 0) is 17.9 Å². The molecule has 1 heterocycles. The number of hydrogen-bond donors (Lipinski definition) is 0. The molecule has 0 saturated heterocycles. The molecule has 0 unspecified atom stereocenters. The van der Waals surface area contributed by atoms with Crippen molar-refractivity contribution < 1.29 is 14.3 Å². The molecule has 3 rings (SSSR count). The number of aromatic nitrogens is 2. The summed E-state index contributed by atoms with van der Waals surface area (Å²) in [5.74, 6) is 1.38. The lowest BCUT2D eigenvalue weighted by Crippen LogP contribution is -2.06. The molecule has 0 amide bonds. The first kappa shape index (κ1) is 18.0. The van der Waals surface area contributed by atoms with Gasteiger partial charge in [-0.15, -0.1) is 0 Å². The molecule has 5 nitrogen and oxygen atoms in total. The van der Waals surface area contributed by atoms with Gasteiger partial charge in [-0.2, -0.15) is 0 Å². The van der Waals surface area contributed by atoms with Gasteiger partial charge in [-0.05, 0) is 63.1 Å². The number of esters is 1. The number of aryl methyl sites for hydroxylation is 3. The highest BCUT2D eigenvalue weighted by molar-refractivity contribution is 5.93. The van der Waals surface area contributed by atoms with Gasteiger partial charge >= 0.3 is 5.97 Å². The third-order valence-electron chi connectivity index (χ3n) is 4.36. The van der Waals surface area contributed by atoms with E-state index >= 15 is 0 Å². The molecular formula is C21H24N2O3. The van der Waals surface area contributed by atoms with Gasteiger partial charge < -0.3 is 14.0 Å². The Morgan fingerprint density at radius 1 is 1.12 bits per heavy atom. The number of hydrogen-bond acceptors (Lipinski definition) is 4. The Morgan fingerprint density at radius 3 is 2.65 bits per heavy atom. The SMILES string of the molecule is CCOC(=O)c1ccc2c(c1)nc(COc1cc(C)ccc1C)n2CC. The van der Waals surface area contributed by atoms with E-state index in [1.807, 2.05) is 26.0 Å². The summed E-state index contributed by atoms with van der Waals surface area (Å²) >= 11 is 0. The maximum atomic E-state index is 11.9. The summed E-state index contributed by atoms with van der Waals surface area (Å²) in [6.45, 7) is 9.46. The lowest BCUT2D eigenvalue weighted by atomic mass is 10.1. The van der Waals surface area contributed by atoms with Crippen LogP contribution in [0.15, 0.2) is 36.4 Å². The molecule has 0 atom stereocenters. The van der Waals surface area contributed by atoms with Gasteiger partial charge in [0.1, 0.15) is 18.2 Å². The van der Waals surface area contributed by atoms with Crippen molar-refractivity contribution in [3.8, 4) is 5.75 Å². The van der Waals surface area contributed by atoms with Crippen LogP contribution in [0.2, 0.25) is 0 Å². The summed E-state index contributed by atoms with van der Waals surface area (Å²) in [5, 5.41) is 0. The maximum Gasteiger partial charge on any atom is 0.338 e. The quantitative estimate of drug-likeness (QED) is 0.616. The van der Waals surface area contributed by atoms with Gasteiger partial charge in [0.2, 0.25) is 0 Å². The van der Waals surface area contributed by atoms with Gasteiger partial charge in [0.05, 0.1) is 23.2 Å². The summed E-state index contributed by atoms with van der Waals surface area (Å²) in [6.07, 6.45) is 0. The minimum absolute atomic E-state index is 0.325. The molecule has 136 valence electrons. The Bertz CT molecular complexity index is 944. The maximum absolute atomic E-state index is 11.9. The van der Waals surface area contributed by atoms with Crippen LogP contribution in [0.3, 0.4) is 0 Å². The fraction of sp³-hybridized carbons (Fsp3) is 0.333. The van der Waals surface area contributed by atoms with E-state index in [4.69, 9.17) is 9.47 Å². The molecular weight excluding hydrogens is 328 g/mol. The lowest BCUT2D eigenvalue weighted by Gasteiger charge is -2.11. The molecule has 0 bridgehead atoms. The molecule has 2 aromatic carbocycles. The zero-order chi connectivity index (χ0) is 18.7. The number of nitrogens with zero attached hydrogens (tertiary/aromatic N) is 2. The van der Waals surface area contributed by atoms with Crippen LogP contribution in [0.5, 0.6) is 5.75 Å². The Balaban J connectivity index is 1.90. The zero-order valence-corrected chi connectivity index (χ0v) is 15.7. The van der Waals surface area contributed by atoms with E-state index in [9.17, 15) is 4.79 Å². The predicted octanol–water partition coefficient (Wildman–Crippen LogP) is 4.43. The highest BCUT2D eigenvalue weighted by atomic mass is 16.5. The minimum Gasteiger partial charge on any atom is -0.485 e. The first-order valence-electron chi connectivity index (χ1n) is 8.89. The van der Waals surface area contributed by atoms with Crippen molar-refractivity contribution in [2.45, 2.75) is 40.8 Å². The Kier molecular flexibility index (Phi) is 5.26. The van der Waals surface area contributed by atoms with Crippen LogP contribution in [0.1, 0.15) is 41.2 Å². The second-order valence-corrected chi connectivity index (χ2v) is 6.25. The molecule has 0 saturated carbocycles. The van der Waals surface area contributed by atoms with Crippen molar-refractivity contribution in [2.24, 2.45) is 0 Å². The van der Waals surface area contributed by atoms with Crippen molar-refractivity contribution in [1.82, 2.24) is 9.55 Å². The van der Waals surface area contributed by atoms with Gasteiger partial charge in [-0.1, -0.05) is 12.1 Å². The number of carbonyl (C=O) groups excluding carboxylic acids is 1. The summed E-state index contributed by atoms with van der Waals surface area (Å²) < 4.78 is 13.2. The zero-order valence-electron chi connectivity index (χ0n) is 15.7. The van der Waals surface area contributed by atoms with Crippen molar-refractivity contribution >= 4 is 17.0 Å². The highest BCUT2D eigenvalue weighted by Crippen LogP contribution is 2.23. The smallest absolute Gasteiger partial charge is 0.338 e. The molecule has 26 heavy (non-hydrogen) atoms. The monoisotopic (exact) mass is 352 g/mol.